The van der Waals surface area contributed by atoms with Gasteiger partial charge < -0.3 is 0 Å². The van der Waals surface area contributed by atoms with E-state index in [1.807, 2.05) is 41.5 Å². The Morgan fingerprint density at radius 1 is 0.654 bits per heavy atom. The second-order valence-corrected chi connectivity index (χ2v) is 8.24. The first-order chi connectivity index (χ1) is 12.1. The van der Waals surface area contributed by atoms with E-state index in [1.165, 1.54) is 30.4 Å². The third-order valence-corrected chi connectivity index (χ3v) is 4.29. The van der Waals surface area contributed by atoms with Gasteiger partial charge in [0, 0.05) is 0 Å². The van der Waals surface area contributed by atoms with E-state index in [0.29, 0.717) is 5.92 Å². The van der Waals surface area contributed by atoms with Crippen LogP contribution in [-0.4, -0.2) is 0 Å². The van der Waals surface area contributed by atoms with Crippen LogP contribution >= 0.6 is 0 Å². The normalized spacial score (nSPS) is 11.8. The summed E-state index contributed by atoms with van der Waals surface area (Å²) >= 11 is 0. The third-order valence-electron chi connectivity index (χ3n) is 4.29. The molecular weight excluding hydrogens is 312 g/mol. The van der Waals surface area contributed by atoms with Gasteiger partial charge in [-0.3, -0.25) is 0 Å². The quantitative estimate of drug-likeness (QED) is 0.498. The summed E-state index contributed by atoms with van der Waals surface area (Å²) in [6.07, 6.45) is 3.81. The molecule has 0 heteroatoms. The molecule has 0 aliphatic heterocycles. The van der Waals surface area contributed by atoms with Crippen LogP contribution in [-0.2, 0) is 10.8 Å². The molecule has 0 amide bonds. The molecule has 1 unspecified atom stereocenters. The van der Waals surface area contributed by atoms with Crippen LogP contribution in [0.3, 0.4) is 0 Å². The van der Waals surface area contributed by atoms with E-state index in [1.54, 1.807) is 5.56 Å². The molecule has 0 fully saturated rings. The lowest BCUT2D eigenvalue weighted by Gasteiger charge is -2.28. The summed E-state index contributed by atoms with van der Waals surface area (Å²) in [4.78, 5) is 0. The van der Waals surface area contributed by atoms with Crippen LogP contribution < -0.4 is 0 Å². The summed E-state index contributed by atoms with van der Waals surface area (Å²) in [5.74, 6) is 0.711. The first-order valence-electron chi connectivity index (χ1n) is 11.3. The van der Waals surface area contributed by atoms with Crippen molar-refractivity contribution in [1.82, 2.24) is 0 Å². The molecule has 0 heterocycles. The first kappa shape index (κ1) is 30.0. The van der Waals surface area contributed by atoms with Crippen molar-refractivity contribution < 1.29 is 0 Å². The minimum Gasteiger partial charge on any atom is -0.0683 e. The van der Waals surface area contributed by atoms with Crippen molar-refractivity contribution in [3.8, 4) is 0 Å². The zero-order valence-electron chi connectivity index (χ0n) is 20.9. The van der Waals surface area contributed by atoms with Crippen LogP contribution in [0, 0.1) is 0 Å². The number of hydrogen-bond acceptors (Lipinski definition) is 0. The van der Waals surface area contributed by atoms with Crippen LogP contribution in [0.15, 0.2) is 18.2 Å². The molecule has 26 heavy (non-hydrogen) atoms. The lowest BCUT2D eigenvalue weighted by atomic mass is 9.77. The summed E-state index contributed by atoms with van der Waals surface area (Å²) in [6.45, 7) is 30.5. The Bertz CT molecular complexity index is 394. The van der Waals surface area contributed by atoms with Crippen molar-refractivity contribution in [2.24, 2.45) is 0 Å². The minimum absolute atomic E-state index is 0.223. The molecule has 1 atom stereocenters. The van der Waals surface area contributed by atoms with Gasteiger partial charge in [-0.1, -0.05) is 122 Å². The zero-order chi connectivity index (χ0) is 21.6. The molecule has 0 aliphatic carbocycles. The maximum atomic E-state index is 2.46. The molecule has 1 aromatic rings. The van der Waals surface area contributed by atoms with Gasteiger partial charge in [-0.05, 0) is 46.3 Å². The third kappa shape index (κ3) is 11.0. The fraction of sp³-hybridized carbons (Fsp3) is 0.769. The fourth-order valence-electron chi connectivity index (χ4n) is 2.71. The Morgan fingerprint density at radius 2 is 1.00 bits per heavy atom. The van der Waals surface area contributed by atoms with Gasteiger partial charge in [0.05, 0.1) is 0 Å². The highest BCUT2D eigenvalue weighted by Gasteiger charge is 2.22. The van der Waals surface area contributed by atoms with Gasteiger partial charge in [-0.25, -0.2) is 0 Å². The van der Waals surface area contributed by atoms with Gasteiger partial charge in [0.25, 0.3) is 0 Å². The van der Waals surface area contributed by atoms with Crippen molar-refractivity contribution in [3.63, 3.8) is 0 Å². The summed E-state index contributed by atoms with van der Waals surface area (Å²) in [5, 5.41) is 0. The molecule has 0 saturated carbocycles. The lowest BCUT2D eigenvalue weighted by Crippen LogP contribution is -2.17. The summed E-state index contributed by atoms with van der Waals surface area (Å²) in [7, 11) is 0. The van der Waals surface area contributed by atoms with Crippen LogP contribution in [0.4, 0.5) is 0 Å². The standard InChI is InChI=1S/C20H34.3C2H6/c1-9-11-15(10-2)16-12-17(19(3,4)5)14-18(13-16)20(6,7)8;3*1-2/h12-15H,9-11H2,1-8H3;3*1-2H3. The average Bonchev–Trinajstić information content (AvgIpc) is 2.63. The van der Waals surface area contributed by atoms with Gasteiger partial charge in [0.2, 0.25) is 0 Å². The van der Waals surface area contributed by atoms with Crippen molar-refractivity contribution in [2.45, 2.75) is 133 Å². The minimum atomic E-state index is 0.223. The van der Waals surface area contributed by atoms with Crippen LogP contribution in [0.25, 0.3) is 0 Å². The van der Waals surface area contributed by atoms with Crippen molar-refractivity contribution in [3.05, 3.63) is 34.9 Å². The Labute approximate surface area is 168 Å². The molecule has 1 rings (SSSR count). The average molecular weight is 365 g/mol. The number of benzene rings is 1. The van der Waals surface area contributed by atoms with Crippen molar-refractivity contribution in [2.75, 3.05) is 0 Å². The SMILES string of the molecule is CC.CC.CC.CCCC(CC)c1cc(C(C)(C)C)cc(C(C)(C)C)c1. The molecule has 0 saturated heterocycles. The molecule has 0 nitrogen and oxygen atoms in total. The van der Waals surface area contributed by atoms with Crippen LogP contribution in [0.5, 0.6) is 0 Å². The van der Waals surface area contributed by atoms with E-state index in [0.717, 1.165) is 0 Å². The van der Waals surface area contributed by atoms with Gasteiger partial charge >= 0.3 is 0 Å². The molecule has 156 valence electrons. The zero-order valence-corrected chi connectivity index (χ0v) is 20.9. The predicted molar refractivity (Wildman–Crippen MR) is 126 cm³/mol. The maximum Gasteiger partial charge on any atom is -0.0132 e. The van der Waals surface area contributed by atoms with E-state index in [-0.39, 0.29) is 10.8 Å². The topological polar surface area (TPSA) is 0 Å². The van der Waals surface area contributed by atoms with Gasteiger partial charge in [-0.2, -0.15) is 0 Å². The van der Waals surface area contributed by atoms with Gasteiger partial charge in [0.1, 0.15) is 0 Å². The lowest BCUT2D eigenvalue weighted by molar-refractivity contribution is 0.554. The van der Waals surface area contributed by atoms with Crippen molar-refractivity contribution >= 4 is 0 Å². The highest BCUT2D eigenvalue weighted by atomic mass is 14.3. The fourth-order valence-corrected chi connectivity index (χ4v) is 2.71. The Morgan fingerprint density at radius 3 is 1.23 bits per heavy atom. The van der Waals surface area contributed by atoms with E-state index in [4.69, 9.17) is 0 Å². The highest BCUT2D eigenvalue weighted by molar-refractivity contribution is 5.38. The second-order valence-electron chi connectivity index (χ2n) is 8.24. The van der Waals surface area contributed by atoms with E-state index >= 15 is 0 Å². The van der Waals surface area contributed by atoms with Crippen LogP contribution in [0.1, 0.15) is 139 Å². The van der Waals surface area contributed by atoms with Gasteiger partial charge in [-0.15, -0.1) is 0 Å². The Kier molecular flexibility index (Phi) is 17.6. The monoisotopic (exact) mass is 364 g/mol. The summed E-state index contributed by atoms with van der Waals surface area (Å²) in [5.41, 5.74) is 4.96. The highest BCUT2D eigenvalue weighted by Crippen LogP contribution is 2.34. The first-order valence-corrected chi connectivity index (χ1v) is 11.3. The molecule has 0 spiro atoms. The second kappa shape index (κ2) is 15.3. The molecule has 0 aliphatic rings. The Hall–Kier alpha value is -0.780. The smallest absolute Gasteiger partial charge is 0.0132 e. The molecule has 0 aromatic heterocycles. The van der Waals surface area contributed by atoms with E-state index < -0.39 is 0 Å². The molecule has 0 radical (unpaired) electrons. The Balaban J connectivity index is -0.000000795. The van der Waals surface area contributed by atoms with Crippen LogP contribution in [0.2, 0.25) is 0 Å². The molecule has 0 N–H and O–H groups in total. The molecular formula is C26H52. The maximum absolute atomic E-state index is 2.46. The largest absolute Gasteiger partial charge is 0.0683 e. The molecule has 0 bridgehead atoms. The van der Waals surface area contributed by atoms with E-state index in [9.17, 15) is 0 Å². The number of rotatable bonds is 4. The number of hydrogen-bond donors (Lipinski definition) is 0. The van der Waals surface area contributed by atoms with Crippen molar-refractivity contribution in [1.29, 1.82) is 0 Å². The predicted octanol–water partition coefficient (Wildman–Crippen LogP) is 9.65. The van der Waals surface area contributed by atoms with Gasteiger partial charge in [0.15, 0.2) is 0 Å². The summed E-state index contributed by atoms with van der Waals surface area (Å²) < 4.78 is 0. The van der Waals surface area contributed by atoms with E-state index in [2.05, 4.69) is 73.6 Å². The summed E-state index contributed by atoms with van der Waals surface area (Å²) in [6, 6.07) is 7.33. The molecule has 1 aromatic carbocycles.